The first-order chi connectivity index (χ1) is 11.5. The molecular formula is C16H16ClN3O4. The van der Waals surface area contributed by atoms with E-state index in [2.05, 4.69) is 5.32 Å². The number of amides is 4. The Morgan fingerprint density at radius 3 is 2.54 bits per heavy atom. The minimum absolute atomic E-state index is 0.136. The zero-order valence-corrected chi connectivity index (χ0v) is 13.6. The zero-order valence-electron chi connectivity index (χ0n) is 12.8. The summed E-state index contributed by atoms with van der Waals surface area (Å²) < 4.78 is 5.18. The first-order valence-electron chi connectivity index (χ1n) is 7.50. The van der Waals surface area contributed by atoms with E-state index in [9.17, 15) is 14.4 Å². The summed E-state index contributed by atoms with van der Waals surface area (Å²) in [5, 5.41) is 3.08. The summed E-state index contributed by atoms with van der Waals surface area (Å²) in [6.45, 7) is 1.59. The molecule has 0 radical (unpaired) electrons. The summed E-state index contributed by atoms with van der Waals surface area (Å²) in [5.41, 5.74) is 0.863. The van der Waals surface area contributed by atoms with Crippen molar-refractivity contribution in [3.05, 3.63) is 40.5 Å². The second-order valence-electron chi connectivity index (χ2n) is 5.42. The van der Waals surface area contributed by atoms with Gasteiger partial charge in [-0.1, -0.05) is 23.7 Å². The average molecular weight is 350 g/mol. The molecule has 0 bridgehead atoms. The molecule has 0 saturated carbocycles. The SMILES string of the molecule is O=C(CN1C(=O)NC(=Cc2ccc(Cl)cc2)C1=O)N1CCOCC1. The number of morpholine rings is 1. The van der Waals surface area contributed by atoms with Gasteiger partial charge in [-0.05, 0) is 23.8 Å². The van der Waals surface area contributed by atoms with Gasteiger partial charge in [0.1, 0.15) is 12.2 Å². The molecule has 0 spiro atoms. The number of carbonyl (C=O) groups excluding carboxylic acids is 3. The quantitative estimate of drug-likeness (QED) is 0.654. The Kier molecular flexibility index (Phi) is 4.82. The molecule has 1 aromatic carbocycles. The van der Waals surface area contributed by atoms with Crippen molar-refractivity contribution in [3.8, 4) is 0 Å². The number of ether oxygens (including phenoxy) is 1. The molecule has 0 atom stereocenters. The Morgan fingerprint density at radius 1 is 1.21 bits per heavy atom. The first-order valence-corrected chi connectivity index (χ1v) is 7.88. The lowest BCUT2D eigenvalue weighted by Gasteiger charge is -2.27. The maximum atomic E-state index is 12.4. The third kappa shape index (κ3) is 3.58. The monoisotopic (exact) mass is 349 g/mol. The highest BCUT2D eigenvalue weighted by Gasteiger charge is 2.36. The largest absolute Gasteiger partial charge is 0.378 e. The van der Waals surface area contributed by atoms with Crippen molar-refractivity contribution in [2.24, 2.45) is 0 Å². The predicted molar refractivity (Wildman–Crippen MR) is 87.1 cm³/mol. The van der Waals surface area contributed by atoms with Crippen LogP contribution in [0.3, 0.4) is 0 Å². The summed E-state index contributed by atoms with van der Waals surface area (Å²) in [6.07, 6.45) is 1.55. The molecule has 2 heterocycles. The molecule has 0 aromatic heterocycles. The standard InChI is InChI=1S/C16H16ClN3O4/c17-12-3-1-11(2-4-12)9-13-15(22)20(16(23)18-13)10-14(21)19-5-7-24-8-6-19/h1-4,9H,5-8,10H2,(H,18,23). The molecule has 2 saturated heterocycles. The molecule has 2 aliphatic heterocycles. The minimum Gasteiger partial charge on any atom is -0.378 e. The number of rotatable bonds is 3. The number of hydrogen-bond donors (Lipinski definition) is 1. The number of benzene rings is 1. The maximum Gasteiger partial charge on any atom is 0.329 e. The van der Waals surface area contributed by atoms with Gasteiger partial charge in [-0.2, -0.15) is 0 Å². The molecule has 2 fully saturated rings. The summed E-state index contributed by atoms with van der Waals surface area (Å²) in [7, 11) is 0. The Labute approximate surface area is 143 Å². The second kappa shape index (κ2) is 7.02. The molecule has 1 N–H and O–H groups in total. The van der Waals surface area contributed by atoms with Gasteiger partial charge in [0.15, 0.2) is 0 Å². The summed E-state index contributed by atoms with van der Waals surface area (Å²) >= 11 is 5.82. The van der Waals surface area contributed by atoms with Crippen molar-refractivity contribution in [3.63, 3.8) is 0 Å². The Hall–Kier alpha value is -2.38. The van der Waals surface area contributed by atoms with Crippen LogP contribution in [0.5, 0.6) is 0 Å². The number of nitrogens with zero attached hydrogens (tertiary/aromatic N) is 2. The van der Waals surface area contributed by atoms with Gasteiger partial charge in [-0.3, -0.25) is 9.59 Å². The van der Waals surface area contributed by atoms with Gasteiger partial charge < -0.3 is 15.0 Å². The van der Waals surface area contributed by atoms with Crippen LogP contribution in [-0.4, -0.2) is 60.5 Å². The third-order valence-corrected chi connectivity index (χ3v) is 4.05. The van der Waals surface area contributed by atoms with Crippen molar-refractivity contribution in [1.82, 2.24) is 15.1 Å². The average Bonchev–Trinajstić information content (AvgIpc) is 2.85. The van der Waals surface area contributed by atoms with E-state index in [0.29, 0.717) is 31.3 Å². The van der Waals surface area contributed by atoms with Gasteiger partial charge in [0.05, 0.1) is 13.2 Å². The van der Waals surface area contributed by atoms with Crippen LogP contribution < -0.4 is 5.32 Å². The number of nitrogens with one attached hydrogen (secondary N) is 1. The van der Waals surface area contributed by atoms with Gasteiger partial charge in [-0.15, -0.1) is 0 Å². The van der Waals surface area contributed by atoms with Crippen LogP contribution in [0.2, 0.25) is 5.02 Å². The van der Waals surface area contributed by atoms with E-state index in [1.807, 2.05) is 0 Å². The number of urea groups is 1. The lowest BCUT2D eigenvalue weighted by atomic mass is 10.2. The van der Waals surface area contributed by atoms with Gasteiger partial charge in [0.25, 0.3) is 5.91 Å². The third-order valence-electron chi connectivity index (χ3n) is 3.80. The van der Waals surface area contributed by atoms with Crippen LogP contribution in [0, 0.1) is 0 Å². The van der Waals surface area contributed by atoms with Crippen LogP contribution in [0.4, 0.5) is 4.79 Å². The van der Waals surface area contributed by atoms with Crippen LogP contribution in [0.25, 0.3) is 6.08 Å². The molecule has 2 aliphatic rings. The molecule has 7 nitrogen and oxygen atoms in total. The molecule has 126 valence electrons. The molecule has 0 aliphatic carbocycles. The van der Waals surface area contributed by atoms with Crippen LogP contribution in [0.15, 0.2) is 30.0 Å². The first kappa shape index (κ1) is 16.5. The van der Waals surface area contributed by atoms with Crippen molar-refractivity contribution in [2.75, 3.05) is 32.8 Å². The van der Waals surface area contributed by atoms with Gasteiger partial charge in [0, 0.05) is 18.1 Å². The molecule has 3 rings (SSSR count). The highest BCUT2D eigenvalue weighted by molar-refractivity contribution is 6.30. The van der Waals surface area contributed by atoms with Gasteiger partial charge in [-0.25, -0.2) is 9.69 Å². The lowest BCUT2D eigenvalue weighted by Crippen LogP contribution is -2.47. The Bertz CT molecular complexity index is 696. The number of imide groups is 1. The van der Waals surface area contributed by atoms with Gasteiger partial charge in [0.2, 0.25) is 5.91 Å². The zero-order chi connectivity index (χ0) is 17.1. The molecule has 8 heteroatoms. The molecule has 24 heavy (non-hydrogen) atoms. The maximum absolute atomic E-state index is 12.4. The fourth-order valence-electron chi connectivity index (χ4n) is 2.49. The topological polar surface area (TPSA) is 79.0 Å². The number of hydrogen-bond acceptors (Lipinski definition) is 4. The van der Waals surface area contributed by atoms with E-state index in [1.165, 1.54) is 0 Å². The predicted octanol–water partition coefficient (Wildman–Crippen LogP) is 1.09. The molecule has 1 aromatic rings. The normalized spacial score (nSPS) is 19.8. The van der Waals surface area contributed by atoms with Crippen LogP contribution in [-0.2, 0) is 14.3 Å². The lowest BCUT2D eigenvalue weighted by molar-refractivity contribution is -0.139. The molecule has 4 amide bonds. The van der Waals surface area contributed by atoms with E-state index in [1.54, 1.807) is 35.2 Å². The summed E-state index contributed by atoms with van der Waals surface area (Å²) in [4.78, 5) is 39.1. The Morgan fingerprint density at radius 2 is 1.88 bits per heavy atom. The van der Waals surface area contributed by atoms with Crippen LogP contribution >= 0.6 is 11.6 Å². The van der Waals surface area contributed by atoms with Gasteiger partial charge >= 0.3 is 6.03 Å². The van der Waals surface area contributed by atoms with Crippen molar-refractivity contribution in [2.45, 2.75) is 0 Å². The minimum atomic E-state index is -0.596. The van der Waals surface area contributed by atoms with E-state index in [-0.39, 0.29) is 18.1 Å². The number of carbonyl (C=O) groups is 3. The second-order valence-corrected chi connectivity index (χ2v) is 5.86. The van der Waals surface area contributed by atoms with Crippen molar-refractivity contribution < 1.29 is 19.1 Å². The van der Waals surface area contributed by atoms with Crippen molar-refractivity contribution >= 4 is 35.5 Å². The summed E-state index contributed by atoms with van der Waals surface area (Å²) in [6, 6.07) is 6.25. The fourth-order valence-corrected chi connectivity index (χ4v) is 2.61. The van der Waals surface area contributed by atoms with E-state index in [4.69, 9.17) is 16.3 Å². The molecule has 0 unspecified atom stereocenters. The number of halogens is 1. The fraction of sp³-hybridized carbons (Fsp3) is 0.312. The smallest absolute Gasteiger partial charge is 0.329 e. The van der Waals surface area contributed by atoms with Crippen molar-refractivity contribution in [1.29, 1.82) is 0 Å². The van der Waals surface area contributed by atoms with E-state index < -0.39 is 11.9 Å². The molecular weight excluding hydrogens is 334 g/mol. The van der Waals surface area contributed by atoms with E-state index >= 15 is 0 Å². The Balaban J connectivity index is 1.69. The summed E-state index contributed by atoms with van der Waals surface area (Å²) in [5.74, 6) is -0.786. The highest BCUT2D eigenvalue weighted by Crippen LogP contribution is 2.16. The van der Waals surface area contributed by atoms with E-state index in [0.717, 1.165) is 10.5 Å². The highest BCUT2D eigenvalue weighted by atomic mass is 35.5. The van der Waals surface area contributed by atoms with Crippen LogP contribution in [0.1, 0.15) is 5.56 Å².